The van der Waals surface area contributed by atoms with Gasteiger partial charge in [-0.2, -0.15) is 0 Å². The van der Waals surface area contributed by atoms with Crippen molar-refractivity contribution in [2.45, 2.75) is 19.4 Å². The summed E-state index contributed by atoms with van der Waals surface area (Å²) in [4.78, 5) is 12.7. The number of fused-ring (bicyclic) bond motifs is 1. The molecule has 1 atom stereocenters. The SMILES string of the molecule is Cc1ccc2c(c1)N(C)CC(CC(=O)O)O2. The number of nitrogens with zero attached hydrogens (tertiary/aromatic N) is 1. The van der Waals surface area contributed by atoms with E-state index in [0.717, 1.165) is 11.4 Å². The standard InChI is InChI=1S/C12H15NO3/c1-8-3-4-11-10(5-8)13(2)7-9(16-11)6-12(14)15/h3-5,9H,6-7H2,1-2H3,(H,14,15). The maximum Gasteiger partial charge on any atom is 0.307 e. The molecule has 1 unspecified atom stereocenters. The van der Waals surface area contributed by atoms with Gasteiger partial charge in [0.1, 0.15) is 11.9 Å². The number of carboxylic acid groups (broad SMARTS) is 1. The van der Waals surface area contributed by atoms with E-state index in [1.807, 2.05) is 37.1 Å². The minimum atomic E-state index is -0.825. The third-order valence-electron chi connectivity index (χ3n) is 2.70. The van der Waals surface area contributed by atoms with Crippen LogP contribution in [-0.4, -0.2) is 30.8 Å². The normalized spacial score (nSPS) is 18.9. The van der Waals surface area contributed by atoms with Gasteiger partial charge >= 0.3 is 5.97 Å². The van der Waals surface area contributed by atoms with Gasteiger partial charge in [0.2, 0.25) is 0 Å². The smallest absolute Gasteiger partial charge is 0.307 e. The van der Waals surface area contributed by atoms with Crippen molar-refractivity contribution in [3.8, 4) is 5.75 Å². The van der Waals surface area contributed by atoms with Crippen LogP contribution in [0.1, 0.15) is 12.0 Å². The lowest BCUT2D eigenvalue weighted by atomic mass is 10.1. The monoisotopic (exact) mass is 221 g/mol. The number of aryl methyl sites for hydroxylation is 1. The first-order valence-corrected chi connectivity index (χ1v) is 5.26. The molecule has 1 aromatic rings. The van der Waals surface area contributed by atoms with Crippen molar-refractivity contribution in [2.24, 2.45) is 0 Å². The van der Waals surface area contributed by atoms with E-state index in [0.29, 0.717) is 6.54 Å². The van der Waals surface area contributed by atoms with Gasteiger partial charge in [-0.3, -0.25) is 4.79 Å². The van der Waals surface area contributed by atoms with Crippen LogP contribution in [0, 0.1) is 6.92 Å². The van der Waals surface area contributed by atoms with E-state index in [-0.39, 0.29) is 12.5 Å². The molecule has 0 aliphatic carbocycles. The Morgan fingerprint density at radius 1 is 1.62 bits per heavy atom. The molecular weight excluding hydrogens is 206 g/mol. The van der Waals surface area contributed by atoms with Crippen LogP contribution in [0.4, 0.5) is 5.69 Å². The topological polar surface area (TPSA) is 49.8 Å². The molecule has 0 bridgehead atoms. The first-order chi connectivity index (χ1) is 7.56. The Bertz CT molecular complexity index is 417. The lowest BCUT2D eigenvalue weighted by Crippen LogP contribution is -2.38. The molecule has 0 saturated carbocycles. The van der Waals surface area contributed by atoms with E-state index < -0.39 is 5.97 Å². The molecule has 0 fully saturated rings. The molecule has 0 saturated heterocycles. The Morgan fingerprint density at radius 2 is 2.38 bits per heavy atom. The van der Waals surface area contributed by atoms with Crippen LogP contribution in [0.2, 0.25) is 0 Å². The van der Waals surface area contributed by atoms with Crippen molar-refractivity contribution in [3.63, 3.8) is 0 Å². The van der Waals surface area contributed by atoms with Crippen LogP contribution < -0.4 is 9.64 Å². The first-order valence-electron chi connectivity index (χ1n) is 5.26. The van der Waals surface area contributed by atoms with Crippen molar-refractivity contribution < 1.29 is 14.6 Å². The van der Waals surface area contributed by atoms with E-state index in [1.54, 1.807) is 0 Å². The molecule has 86 valence electrons. The molecule has 1 aromatic carbocycles. The quantitative estimate of drug-likeness (QED) is 0.825. The molecule has 1 aliphatic heterocycles. The van der Waals surface area contributed by atoms with Gasteiger partial charge in [-0.1, -0.05) is 6.07 Å². The number of likely N-dealkylation sites (N-methyl/N-ethyl adjacent to an activating group) is 1. The van der Waals surface area contributed by atoms with E-state index >= 15 is 0 Å². The lowest BCUT2D eigenvalue weighted by molar-refractivity contribution is -0.138. The molecule has 0 amide bonds. The molecular formula is C12H15NO3. The summed E-state index contributed by atoms with van der Waals surface area (Å²) in [5, 5.41) is 8.75. The van der Waals surface area contributed by atoms with Gasteiger partial charge in [-0.15, -0.1) is 0 Å². The predicted molar refractivity (Wildman–Crippen MR) is 61.1 cm³/mol. The third kappa shape index (κ3) is 2.10. The molecule has 1 heterocycles. The maximum atomic E-state index is 10.6. The molecule has 16 heavy (non-hydrogen) atoms. The summed E-state index contributed by atoms with van der Waals surface area (Å²) in [5.74, 6) is -0.0560. The number of hydrogen-bond acceptors (Lipinski definition) is 3. The Balaban J connectivity index is 2.23. The van der Waals surface area contributed by atoms with E-state index in [9.17, 15) is 4.79 Å². The number of hydrogen-bond donors (Lipinski definition) is 1. The summed E-state index contributed by atoms with van der Waals surface area (Å²) in [7, 11) is 1.95. The second-order valence-corrected chi connectivity index (χ2v) is 4.19. The fraction of sp³-hybridized carbons (Fsp3) is 0.417. The summed E-state index contributed by atoms with van der Waals surface area (Å²) >= 11 is 0. The summed E-state index contributed by atoms with van der Waals surface area (Å²) in [6.45, 7) is 2.64. The number of anilines is 1. The second-order valence-electron chi connectivity index (χ2n) is 4.19. The van der Waals surface area contributed by atoms with Gasteiger partial charge in [0, 0.05) is 7.05 Å². The van der Waals surface area contributed by atoms with Gasteiger partial charge < -0.3 is 14.7 Å². The zero-order chi connectivity index (χ0) is 11.7. The number of aliphatic carboxylic acids is 1. The van der Waals surface area contributed by atoms with Crippen LogP contribution in [0.25, 0.3) is 0 Å². The Morgan fingerprint density at radius 3 is 3.06 bits per heavy atom. The number of benzene rings is 1. The van der Waals surface area contributed by atoms with Gasteiger partial charge in [0.25, 0.3) is 0 Å². The van der Waals surface area contributed by atoms with Crippen LogP contribution in [0.5, 0.6) is 5.75 Å². The number of ether oxygens (including phenoxy) is 1. The molecule has 4 heteroatoms. The summed E-state index contributed by atoms with van der Waals surface area (Å²) in [6.07, 6.45) is -0.227. The average Bonchev–Trinajstić information content (AvgIpc) is 2.18. The minimum absolute atomic E-state index is 0.0393. The first kappa shape index (κ1) is 10.8. The van der Waals surface area contributed by atoms with E-state index in [4.69, 9.17) is 9.84 Å². The van der Waals surface area contributed by atoms with Gasteiger partial charge in [-0.25, -0.2) is 0 Å². The summed E-state index contributed by atoms with van der Waals surface area (Å²) < 4.78 is 5.65. The highest BCUT2D eigenvalue weighted by Crippen LogP contribution is 2.33. The highest BCUT2D eigenvalue weighted by Gasteiger charge is 2.25. The van der Waals surface area contributed by atoms with Crippen molar-refractivity contribution in [3.05, 3.63) is 23.8 Å². The largest absolute Gasteiger partial charge is 0.486 e. The molecule has 2 rings (SSSR count). The molecule has 4 nitrogen and oxygen atoms in total. The minimum Gasteiger partial charge on any atom is -0.486 e. The lowest BCUT2D eigenvalue weighted by Gasteiger charge is -2.33. The Labute approximate surface area is 94.4 Å². The maximum absolute atomic E-state index is 10.6. The molecule has 0 aromatic heterocycles. The van der Waals surface area contributed by atoms with Crippen LogP contribution in [0.15, 0.2) is 18.2 Å². The van der Waals surface area contributed by atoms with Crippen molar-refractivity contribution in [2.75, 3.05) is 18.5 Å². The summed E-state index contributed by atoms with van der Waals surface area (Å²) in [6, 6.07) is 5.91. The Kier molecular flexibility index (Phi) is 2.73. The van der Waals surface area contributed by atoms with Crippen molar-refractivity contribution in [1.29, 1.82) is 0 Å². The predicted octanol–water partition coefficient (Wildman–Crippen LogP) is 1.67. The fourth-order valence-corrected chi connectivity index (χ4v) is 1.95. The van der Waals surface area contributed by atoms with Crippen LogP contribution in [-0.2, 0) is 4.79 Å². The summed E-state index contributed by atoms with van der Waals surface area (Å²) in [5.41, 5.74) is 2.20. The third-order valence-corrected chi connectivity index (χ3v) is 2.70. The number of carboxylic acids is 1. The molecule has 1 N–H and O–H groups in total. The van der Waals surface area contributed by atoms with Crippen LogP contribution >= 0.6 is 0 Å². The number of rotatable bonds is 2. The van der Waals surface area contributed by atoms with E-state index in [2.05, 4.69) is 0 Å². The number of carbonyl (C=O) groups is 1. The Hall–Kier alpha value is -1.71. The average molecular weight is 221 g/mol. The zero-order valence-corrected chi connectivity index (χ0v) is 9.43. The second kappa shape index (κ2) is 4.04. The highest BCUT2D eigenvalue weighted by molar-refractivity contribution is 5.68. The molecule has 1 aliphatic rings. The molecule has 0 spiro atoms. The van der Waals surface area contributed by atoms with Crippen molar-refractivity contribution >= 4 is 11.7 Å². The molecule has 0 radical (unpaired) electrons. The van der Waals surface area contributed by atoms with Gasteiger partial charge in [0.15, 0.2) is 0 Å². The highest BCUT2D eigenvalue weighted by atomic mass is 16.5. The van der Waals surface area contributed by atoms with Gasteiger partial charge in [-0.05, 0) is 24.6 Å². The van der Waals surface area contributed by atoms with Crippen molar-refractivity contribution in [1.82, 2.24) is 0 Å². The fourth-order valence-electron chi connectivity index (χ4n) is 1.95. The van der Waals surface area contributed by atoms with Gasteiger partial charge in [0.05, 0.1) is 18.7 Å². The van der Waals surface area contributed by atoms with E-state index in [1.165, 1.54) is 5.56 Å². The van der Waals surface area contributed by atoms with Crippen LogP contribution in [0.3, 0.4) is 0 Å². The zero-order valence-electron chi connectivity index (χ0n) is 9.43.